The van der Waals surface area contributed by atoms with E-state index in [-0.39, 0.29) is 6.03 Å². The van der Waals surface area contributed by atoms with Crippen molar-refractivity contribution in [3.8, 4) is 0 Å². The number of hydrogen-bond acceptors (Lipinski definition) is 3. The van der Waals surface area contributed by atoms with Crippen LogP contribution in [0, 0.1) is 0 Å². The van der Waals surface area contributed by atoms with Crippen molar-refractivity contribution in [3.05, 3.63) is 18.2 Å². The lowest BCUT2D eigenvalue weighted by Crippen LogP contribution is -2.49. The largest absolute Gasteiger partial charge is 0.348 e. The molecule has 0 spiro atoms. The molecule has 2 fully saturated rings. The second-order valence-corrected chi connectivity index (χ2v) is 7.10. The highest BCUT2D eigenvalue weighted by Gasteiger charge is 2.31. The number of aromatic amines is 1. The highest BCUT2D eigenvalue weighted by molar-refractivity contribution is 7.99. The Bertz CT molecular complexity index is 464. The lowest BCUT2D eigenvalue weighted by Gasteiger charge is -2.33. The van der Waals surface area contributed by atoms with Gasteiger partial charge in [0, 0.05) is 42.7 Å². The molecule has 0 bridgehead atoms. The molecule has 5 nitrogen and oxygen atoms in total. The van der Waals surface area contributed by atoms with Crippen LogP contribution in [0.2, 0.25) is 0 Å². The van der Waals surface area contributed by atoms with E-state index >= 15 is 0 Å². The number of imidazole rings is 1. The van der Waals surface area contributed by atoms with Crippen LogP contribution in [-0.4, -0.2) is 51.5 Å². The van der Waals surface area contributed by atoms with Crippen molar-refractivity contribution >= 4 is 17.8 Å². The van der Waals surface area contributed by atoms with Crippen molar-refractivity contribution in [2.75, 3.05) is 19.3 Å². The van der Waals surface area contributed by atoms with Crippen LogP contribution in [0.4, 0.5) is 4.79 Å². The molecule has 2 aliphatic rings. The zero-order valence-corrected chi connectivity index (χ0v) is 13.4. The minimum atomic E-state index is 0.109. The third-order valence-electron chi connectivity index (χ3n) is 4.68. The van der Waals surface area contributed by atoms with E-state index in [1.807, 2.05) is 22.9 Å². The molecule has 1 aromatic heterocycles. The number of carbonyl (C=O) groups is 1. The molecule has 1 saturated heterocycles. The Balaban J connectivity index is 1.57. The van der Waals surface area contributed by atoms with Gasteiger partial charge >= 0.3 is 6.03 Å². The molecule has 2 N–H and O–H groups in total. The quantitative estimate of drug-likeness (QED) is 0.902. The average molecular weight is 308 g/mol. The zero-order chi connectivity index (χ0) is 14.7. The predicted octanol–water partition coefficient (Wildman–Crippen LogP) is 2.58. The summed E-state index contributed by atoms with van der Waals surface area (Å²) in [5, 5.41) is 3.83. The topological polar surface area (TPSA) is 61.0 Å². The second kappa shape index (κ2) is 6.73. The first kappa shape index (κ1) is 14.8. The first-order valence-electron chi connectivity index (χ1n) is 7.85. The van der Waals surface area contributed by atoms with Crippen LogP contribution < -0.4 is 5.32 Å². The SMILES string of the molecule is CS[C@@H]1CCC[C@H]1NC(=O)N1CCC[C@H](c2ncc[nH]2)C1. The molecule has 3 rings (SSSR count). The summed E-state index contributed by atoms with van der Waals surface area (Å²) in [4.78, 5) is 22.0. The van der Waals surface area contributed by atoms with Gasteiger partial charge in [-0.3, -0.25) is 0 Å². The summed E-state index contributed by atoms with van der Waals surface area (Å²) >= 11 is 1.88. The molecule has 3 atom stereocenters. The third kappa shape index (κ3) is 3.36. The lowest BCUT2D eigenvalue weighted by atomic mass is 9.97. The maximum absolute atomic E-state index is 12.5. The Labute approximate surface area is 130 Å². The molecule has 1 aromatic rings. The van der Waals surface area contributed by atoms with E-state index in [1.54, 1.807) is 6.20 Å². The average Bonchev–Trinajstić information content (AvgIpc) is 3.18. The van der Waals surface area contributed by atoms with Gasteiger partial charge in [-0.05, 0) is 31.9 Å². The van der Waals surface area contributed by atoms with Gasteiger partial charge in [-0.1, -0.05) is 6.42 Å². The molecule has 2 heterocycles. The van der Waals surface area contributed by atoms with E-state index in [0.717, 1.165) is 38.2 Å². The van der Waals surface area contributed by atoms with Crippen molar-refractivity contribution in [1.29, 1.82) is 0 Å². The summed E-state index contributed by atoms with van der Waals surface area (Å²) in [5.41, 5.74) is 0. The van der Waals surface area contributed by atoms with Gasteiger partial charge in [0.2, 0.25) is 0 Å². The molecular weight excluding hydrogens is 284 g/mol. The van der Waals surface area contributed by atoms with E-state index in [4.69, 9.17) is 0 Å². The van der Waals surface area contributed by atoms with E-state index in [9.17, 15) is 4.79 Å². The van der Waals surface area contributed by atoms with Crippen LogP contribution >= 0.6 is 11.8 Å². The Morgan fingerprint density at radius 1 is 1.43 bits per heavy atom. The number of piperidine rings is 1. The standard InChI is InChI=1S/C15H24N4OS/c1-21-13-6-2-5-12(13)18-15(20)19-9-3-4-11(10-19)14-16-7-8-17-14/h7-8,11-13H,2-6,9-10H2,1H3,(H,16,17)(H,18,20)/t11-,12+,13+/m0/s1. The summed E-state index contributed by atoms with van der Waals surface area (Å²) in [7, 11) is 0. The normalized spacial score (nSPS) is 29.6. The number of aromatic nitrogens is 2. The number of nitrogens with one attached hydrogen (secondary N) is 2. The number of nitrogens with zero attached hydrogens (tertiary/aromatic N) is 2. The summed E-state index contributed by atoms with van der Waals surface area (Å²) < 4.78 is 0. The lowest BCUT2D eigenvalue weighted by molar-refractivity contribution is 0.175. The van der Waals surface area contributed by atoms with Crippen molar-refractivity contribution in [2.45, 2.75) is 49.3 Å². The van der Waals surface area contributed by atoms with Crippen LogP contribution in [-0.2, 0) is 0 Å². The van der Waals surface area contributed by atoms with Gasteiger partial charge in [0.15, 0.2) is 0 Å². The molecule has 1 aliphatic heterocycles. The van der Waals surface area contributed by atoms with E-state index in [1.165, 1.54) is 12.8 Å². The Hall–Kier alpha value is -1.17. The first-order valence-corrected chi connectivity index (χ1v) is 9.14. The molecule has 21 heavy (non-hydrogen) atoms. The van der Waals surface area contributed by atoms with Gasteiger partial charge in [0.25, 0.3) is 0 Å². The summed E-state index contributed by atoms with van der Waals surface area (Å²) in [6, 6.07) is 0.452. The Morgan fingerprint density at radius 3 is 3.10 bits per heavy atom. The number of hydrogen-bond donors (Lipinski definition) is 2. The van der Waals surface area contributed by atoms with Gasteiger partial charge in [0.05, 0.1) is 0 Å². The van der Waals surface area contributed by atoms with E-state index in [0.29, 0.717) is 17.2 Å². The molecule has 1 saturated carbocycles. The molecule has 1 aliphatic carbocycles. The number of likely N-dealkylation sites (tertiary alicyclic amines) is 1. The van der Waals surface area contributed by atoms with Crippen molar-refractivity contribution in [3.63, 3.8) is 0 Å². The fourth-order valence-electron chi connectivity index (χ4n) is 3.51. The molecule has 0 aromatic carbocycles. The molecule has 6 heteroatoms. The molecule has 116 valence electrons. The third-order valence-corrected chi connectivity index (χ3v) is 5.85. The number of amides is 2. The fraction of sp³-hybridized carbons (Fsp3) is 0.733. The fourth-order valence-corrected chi connectivity index (χ4v) is 4.44. The number of H-pyrrole nitrogens is 1. The van der Waals surface area contributed by atoms with Gasteiger partial charge in [-0.15, -0.1) is 0 Å². The zero-order valence-electron chi connectivity index (χ0n) is 12.5. The minimum Gasteiger partial charge on any atom is -0.348 e. The van der Waals surface area contributed by atoms with Gasteiger partial charge in [-0.25, -0.2) is 9.78 Å². The maximum atomic E-state index is 12.5. The summed E-state index contributed by atoms with van der Waals surface area (Å²) in [6.07, 6.45) is 11.5. The van der Waals surface area contributed by atoms with Gasteiger partial charge in [0.1, 0.15) is 5.82 Å². The van der Waals surface area contributed by atoms with Crippen LogP contribution in [0.15, 0.2) is 12.4 Å². The van der Waals surface area contributed by atoms with Crippen LogP contribution in [0.5, 0.6) is 0 Å². The monoisotopic (exact) mass is 308 g/mol. The Kier molecular flexibility index (Phi) is 4.73. The van der Waals surface area contributed by atoms with Crippen molar-refractivity contribution in [1.82, 2.24) is 20.2 Å². The summed E-state index contributed by atoms with van der Waals surface area (Å²) in [5.74, 6) is 1.36. The number of urea groups is 1. The Morgan fingerprint density at radius 2 is 2.33 bits per heavy atom. The van der Waals surface area contributed by atoms with E-state index in [2.05, 4.69) is 21.5 Å². The highest BCUT2D eigenvalue weighted by atomic mass is 32.2. The molecule has 0 unspecified atom stereocenters. The minimum absolute atomic E-state index is 0.109. The highest BCUT2D eigenvalue weighted by Crippen LogP contribution is 2.29. The number of carbonyl (C=O) groups excluding carboxylic acids is 1. The molecular formula is C15H24N4OS. The van der Waals surface area contributed by atoms with Crippen molar-refractivity contribution < 1.29 is 4.79 Å². The molecule has 2 amide bonds. The van der Waals surface area contributed by atoms with E-state index < -0.39 is 0 Å². The van der Waals surface area contributed by atoms with Gasteiger partial charge < -0.3 is 15.2 Å². The molecule has 0 radical (unpaired) electrons. The second-order valence-electron chi connectivity index (χ2n) is 6.02. The first-order chi connectivity index (χ1) is 10.3. The van der Waals surface area contributed by atoms with Crippen LogP contribution in [0.25, 0.3) is 0 Å². The summed E-state index contributed by atoms with van der Waals surface area (Å²) in [6.45, 7) is 1.63. The van der Waals surface area contributed by atoms with Crippen molar-refractivity contribution in [2.24, 2.45) is 0 Å². The predicted molar refractivity (Wildman–Crippen MR) is 85.6 cm³/mol. The van der Waals surface area contributed by atoms with Crippen LogP contribution in [0.3, 0.4) is 0 Å². The maximum Gasteiger partial charge on any atom is 0.317 e. The number of thioether (sulfide) groups is 1. The smallest absolute Gasteiger partial charge is 0.317 e. The van der Waals surface area contributed by atoms with Crippen LogP contribution in [0.1, 0.15) is 43.8 Å². The number of rotatable bonds is 3. The van der Waals surface area contributed by atoms with Gasteiger partial charge in [-0.2, -0.15) is 11.8 Å².